The molecule has 2 nitrogen and oxygen atoms in total. The molecule has 2 aliphatic heterocycles. The summed E-state index contributed by atoms with van der Waals surface area (Å²) in [5.74, 6) is 0.923. The van der Waals surface area contributed by atoms with Crippen molar-refractivity contribution in [3.05, 3.63) is 33.8 Å². The van der Waals surface area contributed by atoms with Gasteiger partial charge in [0, 0.05) is 16.6 Å². The van der Waals surface area contributed by atoms with Gasteiger partial charge in [-0.15, -0.1) is 0 Å². The fourth-order valence-electron chi connectivity index (χ4n) is 4.71. The van der Waals surface area contributed by atoms with Gasteiger partial charge in [-0.25, -0.2) is 0 Å². The number of hydrogen-bond donors (Lipinski definition) is 1. The number of nitrogens with one attached hydrogen (secondary N) is 1. The lowest BCUT2D eigenvalue weighted by atomic mass is 9.87. The van der Waals surface area contributed by atoms with Crippen LogP contribution in [0, 0.1) is 5.92 Å². The lowest BCUT2D eigenvalue weighted by Gasteiger charge is -2.38. The van der Waals surface area contributed by atoms with Gasteiger partial charge >= 0.3 is 0 Å². The van der Waals surface area contributed by atoms with Crippen molar-refractivity contribution < 1.29 is 0 Å². The molecule has 0 bridgehead atoms. The number of halogens is 1. The van der Waals surface area contributed by atoms with Gasteiger partial charge in [0.15, 0.2) is 0 Å². The smallest absolute Gasteiger partial charge is 0.0354 e. The van der Waals surface area contributed by atoms with Gasteiger partial charge in [-0.2, -0.15) is 0 Å². The topological polar surface area (TPSA) is 15.3 Å². The molecule has 1 aliphatic carbocycles. The molecule has 2 atom stereocenters. The van der Waals surface area contributed by atoms with E-state index in [0.717, 1.165) is 12.0 Å². The van der Waals surface area contributed by atoms with Crippen molar-refractivity contribution in [2.75, 3.05) is 19.6 Å². The van der Waals surface area contributed by atoms with Crippen LogP contribution in [0.4, 0.5) is 0 Å². The molecule has 1 N–H and O–H groups in total. The minimum absolute atomic E-state index is 0.676. The van der Waals surface area contributed by atoms with Gasteiger partial charge in [0.05, 0.1) is 0 Å². The zero-order valence-electron chi connectivity index (χ0n) is 12.7. The zero-order valence-corrected chi connectivity index (χ0v) is 14.2. The predicted octanol–water partition coefficient (Wildman–Crippen LogP) is 3.90. The third-order valence-electron chi connectivity index (χ3n) is 5.86. The first kappa shape index (κ1) is 14.2. The molecule has 1 aromatic carbocycles. The number of benzene rings is 1. The van der Waals surface area contributed by atoms with E-state index in [1.807, 2.05) is 0 Å². The molecular weight excluding hydrogens is 324 g/mol. The van der Waals surface area contributed by atoms with E-state index >= 15 is 0 Å². The molecule has 0 aromatic heterocycles. The molecule has 1 aromatic rings. The number of fused-ring (bicyclic) bond motifs is 1. The molecule has 0 saturated carbocycles. The van der Waals surface area contributed by atoms with Gasteiger partial charge in [-0.1, -0.05) is 28.1 Å². The van der Waals surface area contributed by atoms with Crippen molar-refractivity contribution in [1.29, 1.82) is 0 Å². The van der Waals surface area contributed by atoms with E-state index in [-0.39, 0.29) is 0 Å². The summed E-state index contributed by atoms with van der Waals surface area (Å²) in [5, 5.41) is 3.71. The Labute approximate surface area is 136 Å². The second-order valence-corrected chi connectivity index (χ2v) is 7.79. The van der Waals surface area contributed by atoms with Gasteiger partial charge in [0.25, 0.3) is 0 Å². The monoisotopic (exact) mass is 348 g/mol. The maximum atomic E-state index is 3.73. The summed E-state index contributed by atoms with van der Waals surface area (Å²) in [6, 6.07) is 8.24. The molecule has 2 fully saturated rings. The van der Waals surface area contributed by atoms with Crippen molar-refractivity contribution in [3.63, 3.8) is 0 Å². The minimum Gasteiger partial charge on any atom is -0.314 e. The van der Waals surface area contributed by atoms with Gasteiger partial charge in [0.1, 0.15) is 0 Å². The Kier molecular flexibility index (Phi) is 4.08. The van der Waals surface area contributed by atoms with Crippen molar-refractivity contribution >= 4 is 15.9 Å². The Morgan fingerprint density at radius 3 is 2.71 bits per heavy atom. The van der Waals surface area contributed by atoms with Crippen LogP contribution in [0.3, 0.4) is 0 Å². The number of piperidine rings is 1. The summed E-state index contributed by atoms with van der Waals surface area (Å²) >= 11 is 3.73. The molecule has 2 saturated heterocycles. The quantitative estimate of drug-likeness (QED) is 0.871. The summed E-state index contributed by atoms with van der Waals surface area (Å²) in [4.78, 5) is 2.75. The van der Waals surface area contributed by atoms with Gasteiger partial charge in [0.2, 0.25) is 0 Å². The third-order valence-corrected chi connectivity index (χ3v) is 6.61. The molecule has 0 spiro atoms. The Morgan fingerprint density at radius 2 is 1.95 bits per heavy atom. The first-order chi connectivity index (χ1) is 10.3. The maximum absolute atomic E-state index is 3.73. The van der Waals surface area contributed by atoms with Crippen LogP contribution in [0.2, 0.25) is 0 Å². The number of rotatable bonds is 2. The lowest BCUT2D eigenvalue weighted by Crippen LogP contribution is -2.41. The summed E-state index contributed by atoms with van der Waals surface area (Å²) in [5.41, 5.74) is 3.14. The van der Waals surface area contributed by atoms with Crippen LogP contribution < -0.4 is 5.32 Å². The van der Waals surface area contributed by atoms with Crippen LogP contribution in [0.5, 0.6) is 0 Å². The Morgan fingerprint density at radius 1 is 1.10 bits per heavy atom. The SMILES string of the molecule is Brc1cccc2c1CCC2N1CCC(C2CCCN2)CC1. The molecule has 3 heteroatoms. The largest absolute Gasteiger partial charge is 0.314 e. The van der Waals surface area contributed by atoms with Crippen LogP contribution in [0.15, 0.2) is 22.7 Å². The summed E-state index contributed by atoms with van der Waals surface area (Å²) in [6.45, 7) is 3.83. The number of nitrogens with zero attached hydrogens (tertiary/aromatic N) is 1. The molecule has 3 aliphatic rings. The summed E-state index contributed by atoms with van der Waals surface area (Å²) in [7, 11) is 0. The van der Waals surface area contributed by atoms with Gasteiger partial charge < -0.3 is 5.32 Å². The van der Waals surface area contributed by atoms with Crippen LogP contribution in [0.1, 0.15) is 49.3 Å². The summed E-state index contributed by atoms with van der Waals surface area (Å²) in [6.07, 6.45) is 8.11. The second-order valence-electron chi connectivity index (χ2n) is 6.94. The molecular formula is C18H25BrN2. The van der Waals surface area contributed by atoms with E-state index in [0.29, 0.717) is 6.04 Å². The van der Waals surface area contributed by atoms with E-state index in [4.69, 9.17) is 0 Å². The van der Waals surface area contributed by atoms with Crippen molar-refractivity contribution in [1.82, 2.24) is 10.2 Å². The molecule has 114 valence electrons. The van der Waals surface area contributed by atoms with Crippen LogP contribution in [-0.4, -0.2) is 30.6 Å². The fraction of sp³-hybridized carbons (Fsp3) is 0.667. The highest BCUT2D eigenvalue weighted by atomic mass is 79.9. The lowest BCUT2D eigenvalue weighted by molar-refractivity contribution is 0.119. The second kappa shape index (κ2) is 6.02. The summed E-state index contributed by atoms with van der Waals surface area (Å²) < 4.78 is 1.31. The molecule has 2 heterocycles. The Balaban J connectivity index is 1.42. The third kappa shape index (κ3) is 2.69. The van der Waals surface area contributed by atoms with Crippen LogP contribution in [-0.2, 0) is 6.42 Å². The average Bonchev–Trinajstić information content (AvgIpc) is 3.18. The zero-order chi connectivity index (χ0) is 14.2. The van der Waals surface area contributed by atoms with Gasteiger partial charge in [-0.3, -0.25) is 4.90 Å². The van der Waals surface area contributed by atoms with Crippen molar-refractivity contribution in [2.24, 2.45) is 5.92 Å². The predicted molar refractivity (Wildman–Crippen MR) is 90.5 cm³/mol. The minimum atomic E-state index is 0.676. The molecule has 0 amide bonds. The Hall–Kier alpha value is -0.380. The fourth-order valence-corrected chi connectivity index (χ4v) is 5.29. The molecule has 2 unspecified atom stereocenters. The molecule has 21 heavy (non-hydrogen) atoms. The number of hydrogen-bond acceptors (Lipinski definition) is 2. The van der Waals surface area contributed by atoms with Gasteiger partial charge in [-0.05, 0) is 81.3 Å². The van der Waals surface area contributed by atoms with E-state index in [9.17, 15) is 0 Å². The standard InChI is InChI=1S/C18H25BrN2/c19-16-4-1-3-15-14(16)6-7-18(15)21-11-8-13(9-12-21)17-5-2-10-20-17/h1,3-4,13,17-18,20H,2,5-12H2. The van der Waals surface area contributed by atoms with Crippen molar-refractivity contribution in [2.45, 2.75) is 50.6 Å². The first-order valence-electron chi connectivity index (χ1n) is 8.57. The van der Waals surface area contributed by atoms with Crippen LogP contribution >= 0.6 is 15.9 Å². The van der Waals surface area contributed by atoms with E-state index in [1.165, 1.54) is 62.6 Å². The highest BCUT2D eigenvalue weighted by molar-refractivity contribution is 9.10. The maximum Gasteiger partial charge on any atom is 0.0354 e. The molecule has 4 rings (SSSR count). The van der Waals surface area contributed by atoms with E-state index in [1.54, 1.807) is 11.1 Å². The highest BCUT2D eigenvalue weighted by Gasteiger charge is 2.34. The van der Waals surface area contributed by atoms with E-state index in [2.05, 4.69) is 44.3 Å². The highest BCUT2D eigenvalue weighted by Crippen LogP contribution is 2.41. The number of likely N-dealkylation sites (tertiary alicyclic amines) is 1. The average molecular weight is 349 g/mol. The van der Waals surface area contributed by atoms with E-state index < -0.39 is 0 Å². The van der Waals surface area contributed by atoms with Crippen molar-refractivity contribution in [3.8, 4) is 0 Å². The first-order valence-corrected chi connectivity index (χ1v) is 9.37. The van der Waals surface area contributed by atoms with Crippen LogP contribution in [0.25, 0.3) is 0 Å². The Bertz CT molecular complexity index is 502. The normalized spacial score (nSPS) is 30.7. The molecule has 0 radical (unpaired) electrons.